The number of aromatic nitrogens is 1. The summed E-state index contributed by atoms with van der Waals surface area (Å²) >= 11 is 0. The van der Waals surface area contributed by atoms with E-state index in [0.717, 1.165) is 31.3 Å². The molecule has 3 aromatic rings. The first kappa shape index (κ1) is 20.9. The lowest BCUT2D eigenvalue weighted by atomic mass is 10.00. The Balaban J connectivity index is 1.82. The zero-order chi connectivity index (χ0) is 22.0. The number of halogens is 1. The number of pyridine rings is 1. The van der Waals surface area contributed by atoms with Gasteiger partial charge in [-0.05, 0) is 49.1 Å². The Morgan fingerprint density at radius 1 is 1.16 bits per heavy atom. The molecule has 2 aromatic carbocycles. The fourth-order valence-electron chi connectivity index (χ4n) is 4.02. The quantitative estimate of drug-likeness (QED) is 0.625. The number of methoxy groups -OCH3 is 2. The lowest BCUT2D eigenvalue weighted by molar-refractivity contribution is 0.0677. The fourth-order valence-corrected chi connectivity index (χ4v) is 4.02. The Bertz CT molecular complexity index is 1120. The van der Waals surface area contributed by atoms with E-state index >= 15 is 0 Å². The zero-order valence-electron chi connectivity index (χ0n) is 17.9. The molecule has 1 aliphatic rings. The number of piperidine rings is 1. The first-order valence-electron chi connectivity index (χ1n) is 10.4. The number of nitrogens with zero attached hydrogens (tertiary/aromatic N) is 2. The van der Waals surface area contributed by atoms with Crippen LogP contribution in [0.2, 0.25) is 0 Å². The van der Waals surface area contributed by atoms with Crippen LogP contribution in [0.15, 0.2) is 42.5 Å². The maximum atomic E-state index is 13.7. The van der Waals surface area contributed by atoms with Crippen molar-refractivity contribution in [1.29, 1.82) is 0 Å². The lowest BCUT2D eigenvalue weighted by Gasteiger charge is -2.30. The van der Waals surface area contributed by atoms with E-state index in [1.807, 2.05) is 4.90 Å². The van der Waals surface area contributed by atoms with E-state index < -0.39 is 0 Å². The van der Waals surface area contributed by atoms with Crippen LogP contribution in [0.5, 0.6) is 11.5 Å². The molecule has 2 heterocycles. The molecule has 0 saturated carbocycles. The van der Waals surface area contributed by atoms with E-state index in [2.05, 4.69) is 17.2 Å². The molecule has 1 N–H and O–H groups in total. The van der Waals surface area contributed by atoms with Gasteiger partial charge in [-0.3, -0.25) is 4.79 Å². The van der Waals surface area contributed by atoms with Gasteiger partial charge < -0.3 is 19.7 Å². The molecule has 1 fully saturated rings. The third kappa shape index (κ3) is 4.40. The Morgan fingerprint density at radius 2 is 1.94 bits per heavy atom. The van der Waals surface area contributed by atoms with Crippen LogP contribution in [0.25, 0.3) is 10.9 Å². The van der Waals surface area contributed by atoms with Gasteiger partial charge in [-0.15, -0.1) is 0 Å². The van der Waals surface area contributed by atoms with Crippen molar-refractivity contribution in [2.24, 2.45) is 5.92 Å². The number of carbonyl (C=O) groups is 1. The van der Waals surface area contributed by atoms with Crippen LogP contribution >= 0.6 is 0 Å². The molecule has 4 rings (SSSR count). The van der Waals surface area contributed by atoms with Gasteiger partial charge in [0.1, 0.15) is 11.5 Å². The van der Waals surface area contributed by atoms with Crippen molar-refractivity contribution in [3.05, 3.63) is 54.0 Å². The summed E-state index contributed by atoms with van der Waals surface area (Å²) in [6, 6.07) is 11.5. The molecule has 1 unspecified atom stereocenters. The number of carbonyl (C=O) groups excluding carboxylic acids is 1. The first-order valence-corrected chi connectivity index (χ1v) is 10.4. The van der Waals surface area contributed by atoms with Crippen molar-refractivity contribution in [3.8, 4) is 11.5 Å². The minimum Gasteiger partial charge on any atom is -0.493 e. The maximum absolute atomic E-state index is 13.7. The molecule has 7 heteroatoms. The highest BCUT2D eigenvalue weighted by Gasteiger charge is 2.24. The van der Waals surface area contributed by atoms with Crippen molar-refractivity contribution in [3.63, 3.8) is 0 Å². The summed E-state index contributed by atoms with van der Waals surface area (Å²) in [6.45, 7) is 3.60. The third-order valence-corrected chi connectivity index (χ3v) is 5.58. The predicted molar refractivity (Wildman–Crippen MR) is 119 cm³/mol. The average Bonchev–Trinajstić information content (AvgIpc) is 2.77. The Labute approximate surface area is 181 Å². The van der Waals surface area contributed by atoms with Gasteiger partial charge in [0.2, 0.25) is 0 Å². The van der Waals surface area contributed by atoms with E-state index in [0.29, 0.717) is 40.0 Å². The maximum Gasteiger partial charge on any atom is 0.272 e. The molecule has 6 nitrogen and oxygen atoms in total. The monoisotopic (exact) mass is 423 g/mol. The summed E-state index contributed by atoms with van der Waals surface area (Å²) in [5.41, 5.74) is 2.15. The minimum absolute atomic E-state index is 0.106. The molecule has 0 bridgehead atoms. The van der Waals surface area contributed by atoms with E-state index in [-0.39, 0.29) is 11.7 Å². The Kier molecular flexibility index (Phi) is 5.93. The fraction of sp³-hybridized carbons (Fsp3) is 0.333. The number of nitrogens with one attached hydrogen (secondary N) is 1. The number of hydrogen-bond acceptors (Lipinski definition) is 5. The molecular formula is C24H26FN3O3. The van der Waals surface area contributed by atoms with Gasteiger partial charge in [-0.1, -0.05) is 13.0 Å². The number of amides is 1. The standard InChI is InChI=1S/C24H26FN3O3/c1-15-6-5-9-28(14-15)24(29)21-12-19(26-17-8-4-7-16(25)10-17)18-11-22(30-2)23(31-3)13-20(18)27-21/h4,7-8,10-13,15H,5-6,9,14H2,1-3H3,(H,26,27). The van der Waals surface area contributed by atoms with Crippen LogP contribution in [0, 0.1) is 11.7 Å². The molecule has 1 saturated heterocycles. The molecule has 0 spiro atoms. The number of anilines is 2. The van der Waals surface area contributed by atoms with Crippen LogP contribution in [-0.4, -0.2) is 43.1 Å². The third-order valence-electron chi connectivity index (χ3n) is 5.58. The number of benzene rings is 2. The molecule has 0 radical (unpaired) electrons. The van der Waals surface area contributed by atoms with Crippen molar-refractivity contribution >= 4 is 28.2 Å². The van der Waals surface area contributed by atoms with E-state index in [1.54, 1.807) is 44.6 Å². The molecule has 1 aliphatic heterocycles. The number of likely N-dealkylation sites (tertiary alicyclic amines) is 1. The van der Waals surface area contributed by atoms with Crippen molar-refractivity contribution < 1.29 is 18.7 Å². The average molecular weight is 423 g/mol. The summed E-state index contributed by atoms with van der Waals surface area (Å²) in [7, 11) is 3.12. The van der Waals surface area contributed by atoms with Gasteiger partial charge in [0, 0.05) is 30.2 Å². The molecule has 162 valence electrons. The topological polar surface area (TPSA) is 63.7 Å². The number of fused-ring (bicyclic) bond motifs is 1. The zero-order valence-corrected chi connectivity index (χ0v) is 17.9. The van der Waals surface area contributed by atoms with Gasteiger partial charge in [0.25, 0.3) is 5.91 Å². The van der Waals surface area contributed by atoms with Gasteiger partial charge >= 0.3 is 0 Å². The Morgan fingerprint density at radius 3 is 2.65 bits per heavy atom. The molecule has 1 amide bonds. The second kappa shape index (κ2) is 8.79. The van der Waals surface area contributed by atoms with Gasteiger partial charge in [-0.25, -0.2) is 9.37 Å². The molecule has 1 aromatic heterocycles. The highest BCUT2D eigenvalue weighted by molar-refractivity contribution is 6.01. The smallest absolute Gasteiger partial charge is 0.272 e. The number of rotatable bonds is 5. The highest BCUT2D eigenvalue weighted by atomic mass is 19.1. The highest BCUT2D eigenvalue weighted by Crippen LogP contribution is 2.36. The van der Waals surface area contributed by atoms with Crippen molar-refractivity contribution in [2.45, 2.75) is 19.8 Å². The van der Waals surface area contributed by atoms with Crippen molar-refractivity contribution in [2.75, 3.05) is 32.6 Å². The van der Waals surface area contributed by atoms with Gasteiger partial charge in [0.05, 0.1) is 25.4 Å². The summed E-state index contributed by atoms with van der Waals surface area (Å²) in [6.07, 6.45) is 2.11. The van der Waals surface area contributed by atoms with Crippen LogP contribution < -0.4 is 14.8 Å². The normalized spacial score (nSPS) is 16.3. The van der Waals surface area contributed by atoms with Crippen LogP contribution in [-0.2, 0) is 0 Å². The molecule has 0 aliphatic carbocycles. The lowest BCUT2D eigenvalue weighted by Crippen LogP contribution is -2.39. The number of ether oxygens (including phenoxy) is 2. The van der Waals surface area contributed by atoms with Crippen LogP contribution in [0.4, 0.5) is 15.8 Å². The second-order valence-corrected chi connectivity index (χ2v) is 7.91. The van der Waals surface area contributed by atoms with Crippen LogP contribution in [0.3, 0.4) is 0 Å². The Hall–Kier alpha value is -3.35. The predicted octanol–water partition coefficient (Wildman–Crippen LogP) is 5.01. The molecule has 1 atom stereocenters. The van der Waals surface area contributed by atoms with Gasteiger partial charge in [0.15, 0.2) is 11.5 Å². The molecule has 31 heavy (non-hydrogen) atoms. The van der Waals surface area contributed by atoms with E-state index in [9.17, 15) is 9.18 Å². The van der Waals surface area contributed by atoms with E-state index in [1.165, 1.54) is 12.1 Å². The summed E-state index contributed by atoms with van der Waals surface area (Å²) in [5.74, 6) is 1.08. The van der Waals surface area contributed by atoms with Crippen LogP contribution in [0.1, 0.15) is 30.3 Å². The van der Waals surface area contributed by atoms with Crippen molar-refractivity contribution in [1.82, 2.24) is 9.88 Å². The minimum atomic E-state index is -0.346. The summed E-state index contributed by atoms with van der Waals surface area (Å²) in [5, 5.41) is 3.98. The number of hydrogen-bond donors (Lipinski definition) is 1. The first-order chi connectivity index (χ1) is 15.0. The second-order valence-electron chi connectivity index (χ2n) is 7.91. The summed E-state index contributed by atoms with van der Waals surface area (Å²) < 4.78 is 24.6. The summed E-state index contributed by atoms with van der Waals surface area (Å²) in [4.78, 5) is 19.7. The van der Waals surface area contributed by atoms with Gasteiger partial charge in [-0.2, -0.15) is 0 Å². The SMILES string of the molecule is COc1cc2nc(C(=O)N3CCCC(C)C3)cc(Nc3cccc(F)c3)c2cc1OC. The van der Waals surface area contributed by atoms with E-state index in [4.69, 9.17) is 9.47 Å². The molecular weight excluding hydrogens is 397 g/mol. The largest absolute Gasteiger partial charge is 0.493 e.